The Kier molecular flexibility index (Phi) is 2.89. The van der Waals surface area contributed by atoms with Crippen LogP contribution in [-0.4, -0.2) is 17.3 Å². The number of rotatable bonds is 2. The van der Waals surface area contributed by atoms with Crippen molar-refractivity contribution in [2.24, 2.45) is 5.41 Å². The summed E-state index contributed by atoms with van der Waals surface area (Å²) in [5.41, 5.74) is 2.06. The van der Waals surface area contributed by atoms with E-state index in [1.54, 1.807) is 0 Å². The molecule has 0 heterocycles. The zero-order valence-corrected chi connectivity index (χ0v) is 10.7. The number of aryl methyl sites for hydroxylation is 1. The molecule has 0 spiro atoms. The predicted octanol–water partition coefficient (Wildman–Crippen LogP) is 3.22. The molecule has 0 saturated heterocycles. The number of halogens is 1. The summed E-state index contributed by atoms with van der Waals surface area (Å²) in [6.07, 6.45) is 0.574. The lowest BCUT2D eigenvalue weighted by Crippen LogP contribution is -2.57. The average Bonchev–Trinajstić information content (AvgIpc) is 2.22. The number of benzene rings is 1. The van der Waals surface area contributed by atoms with Crippen molar-refractivity contribution >= 4 is 17.3 Å². The van der Waals surface area contributed by atoms with Crippen LogP contribution in [0.2, 0.25) is 5.02 Å². The minimum Gasteiger partial charge on any atom is -0.392 e. The molecule has 1 aliphatic rings. The molecule has 0 amide bonds. The van der Waals surface area contributed by atoms with Crippen LogP contribution in [0.25, 0.3) is 0 Å². The van der Waals surface area contributed by atoms with Crippen LogP contribution in [0.4, 0.5) is 5.69 Å². The van der Waals surface area contributed by atoms with Crippen LogP contribution in [0.1, 0.15) is 25.8 Å². The maximum absolute atomic E-state index is 9.69. The van der Waals surface area contributed by atoms with E-state index in [-0.39, 0.29) is 11.5 Å². The second-order valence-electron chi connectivity index (χ2n) is 5.20. The molecule has 16 heavy (non-hydrogen) atoms. The molecule has 88 valence electrons. The molecule has 1 aliphatic carbocycles. The SMILES string of the molecule is Cc1cccc(Cl)c1NC1CC(O)C1(C)C. The maximum Gasteiger partial charge on any atom is 0.0640 e. The summed E-state index contributed by atoms with van der Waals surface area (Å²) in [6.45, 7) is 6.19. The molecule has 2 unspecified atom stereocenters. The number of nitrogens with one attached hydrogen (secondary N) is 1. The number of para-hydroxylation sites is 1. The van der Waals surface area contributed by atoms with Gasteiger partial charge < -0.3 is 10.4 Å². The van der Waals surface area contributed by atoms with Crippen molar-refractivity contribution in [3.05, 3.63) is 28.8 Å². The summed E-state index contributed by atoms with van der Waals surface area (Å²) < 4.78 is 0. The Morgan fingerprint density at radius 2 is 2.12 bits per heavy atom. The normalized spacial score (nSPS) is 27.3. The highest BCUT2D eigenvalue weighted by molar-refractivity contribution is 6.33. The van der Waals surface area contributed by atoms with Crippen LogP contribution in [0, 0.1) is 12.3 Å². The highest BCUT2D eigenvalue weighted by atomic mass is 35.5. The molecule has 0 bridgehead atoms. The minimum atomic E-state index is -0.215. The molecular formula is C13H18ClNO. The Balaban J connectivity index is 2.17. The molecule has 2 N–H and O–H groups in total. The van der Waals surface area contributed by atoms with E-state index in [2.05, 4.69) is 19.2 Å². The fourth-order valence-corrected chi connectivity index (χ4v) is 2.41. The molecule has 1 aromatic rings. The van der Waals surface area contributed by atoms with E-state index in [9.17, 15) is 5.11 Å². The first-order valence-corrected chi connectivity index (χ1v) is 6.00. The predicted molar refractivity (Wildman–Crippen MR) is 68.0 cm³/mol. The van der Waals surface area contributed by atoms with Crippen LogP contribution in [-0.2, 0) is 0 Å². The molecule has 0 aromatic heterocycles. The van der Waals surface area contributed by atoms with Gasteiger partial charge in [0.05, 0.1) is 16.8 Å². The van der Waals surface area contributed by atoms with E-state index in [0.29, 0.717) is 6.04 Å². The number of aliphatic hydroxyl groups is 1. The first-order valence-electron chi connectivity index (χ1n) is 5.62. The average molecular weight is 240 g/mol. The standard InChI is InChI=1S/C13H18ClNO/c1-8-5-4-6-9(14)12(8)15-10-7-11(16)13(10,2)3/h4-6,10-11,15-16H,7H2,1-3H3. The molecule has 1 fully saturated rings. The van der Waals surface area contributed by atoms with Crippen molar-refractivity contribution in [2.45, 2.75) is 39.3 Å². The maximum atomic E-state index is 9.69. The van der Waals surface area contributed by atoms with Gasteiger partial charge in [0.2, 0.25) is 0 Å². The first kappa shape index (κ1) is 11.7. The lowest BCUT2D eigenvalue weighted by molar-refractivity contribution is -0.0510. The van der Waals surface area contributed by atoms with Crippen molar-refractivity contribution in [1.29, 1.82) is 0 Å². The summed E-state index contributed by atoms with van der Waals surface area (Å²) in [6, 6.07) is 6.17. The molecular weight excluding hydrogens is 222 g/mol. The van der Waals surface area contributed by atoms with E-state index in [0.717, 1.165) is 22.7 Å². The van der Waals surface area contributed by atoms with Crippen molar-refractivity contribution < 1.29 is 5.11 Å². The largest absolute Gasteiger partial charge is 0.392 e. The number of hydrogen-bond acceptors (Lipinski definition) is 2. The molecule has 0 aliphatic heterocycles. The Morgan fingerprint density at radius 3 is 2.62 bits per heavy atom. The monoisotopic (exact) mass is 239 g/mol. The smallest absolute Gasteiger partial charge is 0.0640 e. The van der Waals surface area contributed by atoms with Crippen LogP contribution in [0.5, 0.6) is 0 Å². The van der Waals surface area contributed by atoms with Gasteiger partial charge in [0.15, 0.2) is 0 Å². The third-order valence-electron chi connectivity index (χ3n) is 3.76. The number of anilines is 1. The van der Waals surface area contributed by atoms with E-state index >= 15 is 0 Å². The lowest BCUT2D eigenvalue weighted by atomic mass is 9.64. The van der Waals surface area contributed by atoms with Gasteiger partial charge in [-0.3, -0.25) is 0 Å². The molecule has 2 atom stereocenters. The van der Waals surface area contributed by atoms with Gasteiger partial charge in [-0.15, -0.1) is 0 Å². The molecule has 2 rings (SSSR count). The van der Waals surface area contributed by atoms with Gasteiger partial charge in [-0.2, -0.15) is 0 Å². The Hall–Kier alpha value is -0.730. The fourth-order valence-electron chi connectivity index (χ4n) is 2.14. The summed E-state index contributed by atoms with van der Waals surface area (Å²) >= 11 is 6.16. The Bertz CT molecular complexity index is 383. The third-order valence-corrected chi connectivity index (χ3v) is 4.07. The van der Waals surface area contributed by atoms with Crippen LogP contribution in [0.15, 0.2) is 18.2 Å². The van der Waals surface area contributed by atoms with E-state index in [1.165, 1.54) is 0 Å². The zero-order chi connectivity index (χ0) is 11.9. The Morgan fingerprint density at radius 1 is 1.44 bits per heavy atom. The van der Waals surface area contributed by atoms with Gasteiger partial charge in [0.25, 0.3) is 0 Å². The highest BCUT2D eigenvalue weighted by Crippen LogP contribution is 2.43. The topological polar surface area (TPSA) is 32.3 Å². The summed E-state index contributed by atoms with van der Waals surface area (Å²) in [7, 11) is 0. The second kappa shape index (κ2) is 3.94. The summed E-state index contributed by atoms with van der Waals surface area (Å²) in [4.78, 5) is 0. The van der Waals surface area contributed by atoms with Gasteiger partial charge in [0, 0.05) is 11.5 Å². The zero-order valence-electron chi connectivity index (χ0n) is 9.92. The summed E-state index contributed by atoms with van der Waals surface area (Å²) in [5.74, 6) is 0. The first-order chi connectivity index (χ1) is 7.43. The van der Waals surface area contributed by atoms with Crippen LogP contribution < -0.4 is 5.32 Å². The summed E-state index contributed by atoms with van der Waals surface area (Å²) in [5, 5.41) is 13.9. The van der Waals surface area contributed by atoms with E-state index in [4.69, 9.17) is 11.6 Å². The van der Waals surface area contributed by atoms with Gasteiger partial charge in [0.1, 0.15) is 0 Å². The van der Waals surface area contributed by atoms with Crippen molar-refractivity contribution in [3.8, 4) is 0 Å². The third kappa shape index (κ3) is 1.80. The van der Waals surface area contributed by atoms with E-state index < -0.39 is 0 Å². The van der Waals surface area contributed by atoms with Crippen molar-refractivity contribution in [1.82, 2.24) is 0 Å². The van der Waals surface area contributed by atoms with Gasteiger partial charge >= 0.3 is 0 Å². The molecule has 3 heteroatoms. The lowest BCUT2D eigenvalue weighted by Gasteiger charge is -2.50. The van der Waals surface area contributed by atoms with Gasteiger partial charge in [-0.05, 0) is 25.0 Å². The molecule has 1 saturated carbocycles. The number of hydrogen-bond donors (Lipinski definition) is 2. The molecule has 0 radical (unpaired) electrons. The van der Waals surface area contributed by atoms with Crippen molar-refractivity contribution in [3.63, 3.8) is 0 Å². The Labute approximate surface area is 102 Å². The quantitative estimate of drug-likeness (QED) is 0.831. The highest BCUT2D eigenvalue weighted by Gasteiger charge is 2.47. The fraction of sp³-hybridized carbons (Fsp3) is 0.538. The van der Waals surface area contributed by atoms with Crippen LogP contribution in [0.3, 0.4) is 0 Å². The van der Waals surface area contributed by atoms with Crippen molar-refractivity contribution in [2.75, 3.05) is 5.32 Å². The number of aliphatic hydroxyl groups excluding tert-OH is 1. The molecule has 1 aromatic carbocycles. The molecule has 2 nitrogen and oxygen atoms in total. The van der Waals surface area contributed by atoms with Gasteiger partial charge in [-0.25, -0.2) is 0 Å². The van der Waals surface area contributed by atoms with E-state index in [1.807, 2.05) is 25.1 Å². The van der Waals surface area contributed by atoms with Crippen LogP contribution >= 0.6 is 11.6 Å². The second-order valence-corrected chi connectivity index (χ2v) is 5.61. The minimum absolute atomic E-state index is 0.0778. The van der Waals surface area contributed by atoms with Gasteiger partial charge in [-0.1, -0.05) is 37.6 Å².